The molecule has 0 spiro atoms. The summed E-state index contributed by atoms with van der Waals surface area (Å²) in [6, 6.07) is 11.6. The molecule has 5 nitrogen and oxygen atoms in total. The van der Waals surface area contributed by atoms with E-state index in [-0.39, 0.29) is 0 Å². The second-order valence-electron chi connectivity index (χ2n) is 5.83. The zero-order valence-electron chi connectivity index (χ0n) is 13.6. The number of benzene rings is 1. The van der Waals surface area contributed by atoms with Gasteiger partial charge in [0, 0.05) is 23.1 Å². The molecule has 0 radical (unpaired) electrons. The molecule has 1 fully saturated rings. The summed E-state index contributed by atoms with van der Waals surface area (Å²) in [5, 5.41) is 16.9. The summed E-state index contributed by atoms with van der Waals surface area (Å²) in [5.74, 6) is 1.69. The van der Waals surface area contributed by atoms with Crippen LogP contribution < -0.4 is 9.64 Å². The summed E-state index contributed by atoms with van der Waals surface area (Å²) in [6.07, 6.45) is 3.86. The van der Waals surface area contributed by atoms with Crippen molar-refractivity contribution < 1.29 is 4.74 Å². The summed E-state index contributed by atoms with van der Waals surface area (Å²) in [6.45, 7) is 3.54. The zero-order chi connectivity index (χ0) is 16.9. The van der Waals surface area contributed by atoms with Gasteiger partial charge in [0.15, 0.2) is 11.5 Å². The van der Waals surface area contributed by atoms with Crippen molar-refractivity contribution in [3.8, 4) is 11.8 Å². The normalized spacial score (nSPS) is 13.9. The number of hydrogen-bond donors (Lipinski definition) is 0. The smallest absolute Gasteiger partial charge is 0.163 e. The van der Waals surface area contributed by atoms with Gasteiger partial charge in [-0.1, -0.05) is 15.9 Å². The van der Waals surface area contributed by atoms with Gasteiger partial charge in [0.25, 0.3) is 0 Å². The highest BCUT2D eigenvalue weighted by atomic mass is 79.9. The minimum Gasteiger partial charge on any atom is -0.490 e. The van der Waals surface area contributed by atoms with Crippen LogP contribution in [0.4, 0.5) is 5.82 Å². The van der Waals surface area contributed by atoms with Crippen molar-refractivity contribution in [1.82, 2.24) is 10.2 Å². The van der Waals surface area contributed by atoms with Crippen molar-refractivity contribution in [2.24, 2.45) is 0 Å². The molecule has 0 amide bonds. The van der Waals surface area contributed by atoms with Gasteiger partial charge < -0.3 is 9.64 Å². The number of aromatic nitrogens is 2. The number of ether oxygens (including phenoxy) is 1. The highest BCUT2D eigenvalue weighted by Crippen LogP contribution is 2.31. The quantitative estimate of drug-likeness (QED) is 0.748. The lowest BCUT2D eigenvalue weighted by atomic mass is 9.96. The average Bonchev–Trinajstić information content (AvgIpc) is 2.57. The number of rotatable bonds is 6. The molecule has 6 heteroatoms. The molecule has 1 saturated carbocycles. The van der Waals surface area contributed by atoms with Crippen LogP contribution in [0.5, 0.6) is 5.75 Å². The maximum absolute atomic E-state index is 8.85. The Morgan fingerprint density at radius 2 is 2.12 bits per heavy atom. The van der Waals surface area contributed by atoms with Crippen LogP contribution in [-0.2, 0) is 6.54 Å². The van der Waals surface area contributed by atoms with E-state index in [0.29, 0.717) is 18.3 Å². The Balaban J connectivity index is 1.81. The monoisotopic (exact) mass is 386 g/mol. The Kier molecular flexibility index (Phi) is 5.31. The van der Waals surface area contributed by atoms with Crippen molar-refractivity contribution in [2.45, 2.75) is 38.8 Å². The molecule has 124 valence electrons. The third-order valence-corrected chi connectivity index (χ3v) is 4.69. The van der Waals surface area contributed by atoms with Crippen molar-refractivity contribution in [3.05, 3.63) is 46.1 Å². The van der Waals surface area contributed by atoms with E-state index in [1.807, 2.05) is 24.3 Å². The maximum atomic E-state index is 8.85. The van der Waals surface area contributed by atoms with Gasteiger partial charge in [-0.2, -0.15) is 5.26 Å². The maximum Gasteiger partial charge on any atom is 0.163 e. The van der Waals surface area contributed by atoms with E-state index in [4.69, 9.17) is 10.00 Å². The minimum absolute atomic E-state index is 0.325. The Morgan fingerprint density at radius 1 is 1.29 bits per heavy atom. The predicted molar refractivity (Wildman–Crippen MR) is 95.9 cm³/mol. The van der Waals surface area contributed by atoms with Gasteiger partial charge in [0.1, 0.15) is 11.8 Å². The van der Waals surface area contributed by atoms with Gasteiger partial charge in [-0.25, -0.2) is 0 Å². The van der Waals surface area contributed by atoms with Gasteiger partial charge in [0.05, 0.1) is 6.10 Å². The molecule has 1 aromatic carbocycles. The molecular formula is C18H19BrN4O. The van der Waals surface area contributed by atoms with Crippen LogP contribution in [0.1, 0.15) is 37.4 Å². The lowest BCUT2D eigenvalue weighted by Gasteiger charge is -2.29. The number of hydrogen-bond acceptors (Lipinski definition) is 5. The number of halogens is 1. The van der Waals surface area contributed by atoms with Gasteiger partial charge in [-0.05, 0) is 56.5 Å². The SMILES string of the molecule is CCN(Cc1cc(Br)ccc1OC1CCC1)c1ccc(C#N)nn1. The molecule has 0 N–H and O–H groups in total. The topological polar surface area (TPSA) is 62.0 Å². The Morgan fingerprint density at radius 3 is 2.71 bits per heavy atom. The molecule has 0 unspecified atom stereocenters. The summed E-state index contributed by atoms with van der Waals surface area (Å²) in [4.78, 5) is 2.11. The first kappa shape index (κ1) is 16.7. The lowest BCUT2D eigenvalue weighted by Crippen LogP contribution is -2.27. The molecule has 0 bridgehead atoms. The van der Waals surface area contributed by atoms with Crippen LogP contribution in [0, 0.1) is 11.3 Å². The molecule has 1 aliphatic rings. The molecular weight excluding hydrogens is 368 g/mol. The van der Waals surface area contributed by atoms with Crippen LogP contribution in [-0.4, -0.2) is 22.8 Å². The molecule has 0 atom stereocenters. The first-order valence-corrected chi connectivity index (χ1v) is 8.92. The van der Waals surface area contributed by atoms with Crippen LogP contribution in [0.15, 0.2) is 34.8 Å². The molecule has 1 aromatic heterocycles. The second kappa shape index (κ2) is 7.63. The molecule has 3 rings (SSSR count). The molecule has 0 aliphatic heterocycles. The van der Waals surface area contributed by atoms with Gasteiger partial charge in [0.2, 0.25) is 0 Å². The largest absolute Gasteiger partial charge is 0.490 e. The van der Waals surface area contributed by atoms with E-state index in [2.05, 4.69) is 44.0 Å². The third kappa shape index (κ3) is 3.85. The first-order chi connectivity index (χ1) is 11.7. The standard InChI is InChI=1S/C18H19BrN4O/c1-2-23(18-9-7-15(11-20)21-22-18)12-13-10-14(19)6-8-17(13)24-16-4-3-5-16/h6-10,16H,2-5,12H2,1H3. The Bertz CT molecular complexity index is 738. The predicted octanol–water partition coefficient (Wildman–Crippen LogP) is 4.07. The summed E-state index contributed by atoms with van der Waals surface area (Å²) >= 11 is 3.54. The third-order valence-electron chi connectivity index (χ3n) is 4.20. The average molecular weight is 387 g/mol. The van der Waals surface area contributed by atoms with Crippen molar-refractivity contribution >= 4 is 21.7 Å². The van der Waals surface area contributed by atoms with Crippen LogP contribution in [0.25, 0.3) is 0 Å². The van der Waals surface area contributed by atoms with E-state index >= 15 is 0 Å². The lowest BCUT2D eigenvalue weighted by molar-refractivity contribution is 0.119. The van der Waals surface area contributed by atoms with Crippen molar-refractivity contribution in [1.29, 1.82) is 5.26 Å². The van der Waals surface area contributed by atoms with Crippen molar-refractivity contribution in [2.75, 3.05) is 11.4 Å². The highest BCUT2D eigenvalue weighted by Gasteiger charge is 2.21. The number of nitriles is 1. The highest BCUT2D eigenvalue weighted by molar-refractivity contribution is 9.10. The molecule has 0 saturated heterocycles. The van der Waals surface area contributed by atoms with E-state index in [9.17, 15) is 0 Å². The second-order valence-corrected chi connectivity index (χ2v) is 6.74. The summed E-state index contributed by atoms with van der Waals surface area (Å²) in [5.41, 5.74) is 1.44. The fourth-order valence-electron chi connectivity index (χ4n) is 2.57. The van der Waals surface area contributed by atoms with Crippen LogP contribution in [0.2, 0.25) is 0 Å². The number of anilines is 1. The van der Waals surface area contributed by atoms with Crippen LogP contribution >= 0.6 is 15.9 Å². The Hall–Kier alpha value is -2.13. The van der Waals surface area contributed by atoms with E-state index in [1.165, 1.54) is 6.42 Å². The van der Waals surface area contributed by atoms with Gasteiger partial charge >= 0.3 is 0 Å². The first-order valence-electron chi connectivity index (χ1n) is 8.13. The van der Waals surface area contributed by atoms with E-state index in [1.54, 1.807) is 6.07 Å². The number of nitrogens with zero attached hydrogens (tertiary/aromatic N) is 4. The molecule has 1 aliphatic carbocycles. The van der Waals surface area contributed by atoms with E-state index in [0.717, 1.165) is 41.0 Å². The molecule has 2 aromatic rings. The summed E-state index contributed by atoms with van der Waals surface area (Å²) in [7, 11) is 0. The molecule has 24 heavy (non-hydrogen) atoms. The zero-order valence-corrected chi connectivity index (χ0v) is 15.2. The fraction of sp³-hybridized carbons (Fsp3) is 0.389. The minimum atomic E-state index is 0.325. The van der Waals surface area contributed by atoms with Crippen molar-refractivity contribution in [3.63, 3.8) is 0 Å². The Labute approximate surface area is 150 Å². The van der Waals surface area contributed by atoms with Crippen LogP contribution in [0.3, 0.4) is 0 Å². The van der Waals surface area contributed by atoms with Gasteiger partial charge in [-0.3, -0.25) is 0 Å². The van der Waals surface area contributed by atoms with E-state index < -0.39 is 0 Å². The van der Waals surface area contributed by atoms with Gasteiger partial charge in [-0.15, -0.1) is 10.2 Å². The fourth-order valence-corrected chi connectivity index (χ4v) is 2.98. The molecule has 1 heterocycles. The summed E-state index contributed by atoms with van der Waals surface area (Å²) < 4.78 is 7.16.